The first-order valence-electron chi connectivity index (χ1n) is 7.67. The molecule has 1 aliphatic carbocycles. The average molecular weight is 356 g/mol. The third kappa shape index (κ3) is 3.54. The molecule has 1 aromatic rings. The van der Waals surface area contributed by atoms with Gasteiger partial charge in [-0.3, -0.25) is 0 Å². The minimum Gasteiger partial charge on any atom is -0.495 e. The Balaban J connectivity index is 2.39. The van der Waals surface area contributed by atoms with Crippen LogP contribution in [0.3, 0.4) is 0 Å². The van der Waals surface area contributed by atoms with Gasteiger partial charge in [0.25, 0.3) is 0 Å². The first-order chi connectivity index (χ1) is 10.1. The van der Waals surface area contributed by atoms with Gasteiger partial charge in [-0.15, -0.1) is 0 Å². The fourth-order valence-corrected chi connectivity index (χ4v) is 4.23. The van der Waals surface area contributed by atoms with Crippen LogP contribution in [0.5, 0.6) is 11.5 Å². The Hall–Kier alpha value is -0.740. The molecule has 3 atom stereocenters. The standard InChI is InChI=1S/C17H26BrNO2/c1-11-5-6-12(10-19-2)14(9-11)13-7-8-15(20-3)16(18)17(13)21-4/h7-8,11-12,14,19H,5-6,9-10H2,1-4H3. The second kappa shape index (κ2) is 7.50. The quantitative estimate of drug-likeness (QED) is 0.858. The van der Waals surface area contributed by atoms with Gasteiger partial charge < -0.3 is 14.8 Å². The molecule has 21 heavy (non-hydrogen) atoms. The molecule has 0 amide bonds. The van der Waals surface area contributed by atoms with E-state index in [1.807, 2.05) is 13.1 Å². The smallest absolute Gasteiger partial charge is 0.140 e. The molecule has 0 aliphatic heterocycles. The minimum absolute atomic E-state index is 0.540. The number of rotatable bonds is 5. The highest BCUT2D eigenvalue weighted by molar-refractivity contribution is 9.10. The van der Waals surface area contributed by atoms with Crippen molar-refractivity contribution < 1.29 is 9.47 Å². The second-order valence-corrected chi connectivity index (χ2v) is 6.84. The molecular weight excluding hydrogens is 330 g/mol. The summed E-state index contributed by atoms with van der Waals surface area (Å²) >= 11 is 3.63. The highest BCUT2D eigenvalue weighted by Gasteiger charge is 2.32. The first kappa shape index (κ1) is 16.6. The van der Waals surface area contributed by atoms with Crippen molar-refractivity contribution in [2.45, 2.75) is 32.1 Å². The van der Waals surface area contributed by atoms with Crippen LogP contribution in [0.1, 0.15) is 37.7 Å². The van der Waals surface area contributed by atoms with E-state index in [9.17, 15) is 0 Å². The summed E-state index contributed by atoms with van der Waals surface area (Å²) in [5.74, 6) is 3.73. The van der Waals surface area contributed by atoms with Gasteiger partial charge in [0.2, 0.25) is 0 Å². The average Bonchev–Trinajstić information content (AvgIpc) is 2.49. The molecular formula is C17H26BrNO2. The van der Waals surface area contributed by atoms with Gasteiger partial charge in [-0.1, -0.05) is 19.4 Å². The van der Waals surface area contributed by atoms with Crippen LogP contribution in [0.25, 0.3) is 0 Å². The Labute approximate surface area is 136 Å². The maximum Gasteiger partial charge on any atom is 0.140 e. The fourth-order valence-electron chi connectivity index (χ4n) is 3.54. The maximum atomic E-state index is 5.69. The zero-order valence-electron chi connectivity index (χ0n) is 13.4. The lowest BCUT2D eigenvalue weighted by molar-refractivity contribution is 0.240. The molecule has 3 unspecified atom stereocenters. The van der Waals surface area contributed by atoms with Crippen LogP contribution in [0.4, 0.5) is 0 Å². The molecule has 1 N–H and O–H groups in total. The molecule has 0 saturated heterocycles. The van der Waals surface area contributed by atoms with Crippen LogP contribution in [-0.2, 0) is 0 Å². The van der Waals surface area contributed by atoms with E-state index < -0.39 is 0 Å². The van der Waals surface area contributed by atoms with Gasteiger partial charge in [0, 0.05) is 0 Å². The third-order valence-corrected chi connectivity index (χ3v) is 5.39. The molecule has 4 heteroatoms. The summed E-state index contributed by atoms with van der Waals surface area (Å²) in [6.45, 7) is 3.41. The number of benzene rings is 1. The molecule has 1 fully saturated rings. The molecule has 0 aromatic heterocycles. The van der Waals surface area contributed by atoms with E-state index in [1.54, 1.807) is 14.2 Å². The van der Waals surface area contributed by atoms with Crippen LogP contribution in [0.15, 0.2) is 16.6 Å². The number of hydrogen-bond donors (Lipinski definition) is 1. The Kier molecular flexibility index (Phi) is 5.94. The van der Waals surface area contributed by atoms with Crippen molar-refractivity contribution >= 4 is 15.9 Å². The van der Waals surface area contributed by atoms with Crippen LogP contribution in [0.2, 0.25) is 0 Å². The van der Waals surface area contributed by atoms with Gasteiger partial charge >= 0.3 is 0 Å². The lowest BCUT2D eigenvalue weighted by atomic mass is 9.71. The Morgan fingerprint density at radius 1 is 1.24 bits per heavy atom. The van der Waals surface area contributed by atoms with Crippen molar-refractivity contribution in [1.29, 1.82) is 0 Å². The lowest BCUT2D eigenvalue weighted by Gasteiger charge is -2.36. The van der Waals surface area contributed by atoms with Gasteiger partial charge in [0.05, 0.1) is 14.2 Å². The molecule has 1 aliphatic rings. The molecule has 0 bridgehead atoms. The first-order valence-corrected chi connectivity index (χ1v) is 8.46. The molecule has 2 rings (SSSR count). The van der Waals surface area contributed by atoms with Gasteiger partial charge in [-0.05, 0) is 71.7 Å². The van der Waals surface area contributed by atoms with Gasteiger partial charge in [-0.2, -0.15) is 0 Å². The van der Waals surface area contributed by atoms with Crippen molar-refractivity contribution in [2.75, 3.05) is 27.8 Å². The number of methoxy groups -OCH3 is 2. The predicted octanol–water partition coefficient (Wildman–Crippen LogP) is 4.21. The molecule has 0 heterocycles. The Morgan fingerprint density at radius 3 is 2.62 bits per heavy atom. The summed E-state index contributed by atoms with van der Waals surface area (Å²) in [5, 5.41) is 3.35. The third-order valence-electron chi connectivity index (χ3n) is 4.64. The zero-order chi connectivity index (χ0) is 15.4. The zero-order valence-corrected chi connectivity index (χ0v) is 15.0. The monoisotopic (exact) mass is 355 g/mol. The largest absolute Gasteiger partial charge is 0.495 e. The number of halogens is 1. The number of nitrogens with one attached hydrogen (secondary N) is 1. The molecule has 3 nitrogen and oxygen atoms in total. The summed E-state index contributed by atoms with van der Waals surface area (Å²) in [5.41, 5.74) is 1.30. The van der Waals surface area contributed by atoms with Gasteiger partial charge in [-0.25, -0.2) is 0 Å². The summed E-state index contributed by atoms with van der Waals surface area (Å²) in [4.78, 5) is 0. The van der Waals surface area contributed by atoms with E-state index in [0.717, 1.165) is 28.4 Å². The van der Waals surface area contributed by atoms with Crippen molar-refractivity contribution in [3.8, 4) is 11.5 Å². The number of hydrogen-bond acceptors (Lipinski definition) is 3. The molecule has 1 saturated carbocycles. The summed E-state index contributed by atoms with van der Waals surface area (Å²) in [6, 6.07) is 4.21. The second-order valence-electron chi connectivity index (χ2n) is 6.05. The minimum atomic E-state index is 0.540. The molecule has 1 aromatic carbocycles. The molecule has 0 radical (unpaired) electrons. The van der Waals surface area contributed by atoms with E-state index in [1.165, 1.54) is 24.8 Å². The number of ether oxygens (including phenoxy) is 2. The van der Waals surface area contributed by atoms with Crippen LogP contribution in [-0.4, -0.2) is 27.8 Å². The molecule has 118 valence electrons. The summed E-state index contributed by atoms with van der Waals surface area (Å²) in [6.07, 6.45) is 3.82. The van der Waals surface area contributed by atoms with Crippen molar-refractivity contribution in [3.63, 3.8) is 0 Å². The van der Waals surface area contributed by atoms with E-state index >= 15 is 0 Å². The Morgan fingerprint density at radius 2 is 2.00 bits per heavy atom. The Bertz CT molecular complexity index is 478. The fraction of sp³-hybridized carbons (Fsp3) is 0.647. The van der Waals surface area contributed by atoms with Crippen LogP contribution < -0.4 is 14.8 Å². The summed E-state index contributed by atoms with van der Waals surface area (Å²) < 4.78 is 12.0. The highest BCUT2D eigenvalue weighted by Crippen LogP contribution is 2.47. The summed E-state index contributed by atoms with van der Waals surface area (Å²) in [7, 11) is 5.46. The van der Waals surface area contributed by atoms with E-state index in [-0.39, 0.29) is 0 Å². The SMILES string of the molecule is CNCC1CCC(C)CC1c1ccc(OC)c(Br)c1OC. The predicted molar refractivity (Wildman–Crippen MR) is 90.4 cm³/mol. The van der Waals surface area contributed by atoms with Crippen LogP contribution in [0, 0.1) is 11.8 Å². The molecule has 0 spiro atoms. The highest BCUT2D eigenvalue weighted by atomic mass is 79.9. The maximum absolute atomic E-state index is 5.69. The normalized spacial score (nSPS) is 25.7. The van der Waals surface area contributed by atoms with E-state index in [0.29, 0.717) is 11.8 Å². The van der Waals surface area contributed by atoms with E-state index in [4.69, 9.17) is 9.47 Å². The van der Waals surface area contributed by atoms with E-state index in [2.05, 4.69) is 34.2 Å². The van der Waals surface area contributed by atoms with Crippen molar-refractivity contribution in [1.82, 2.24) is 5.32 Å². The van der Waals surface area contributed by atoms with Crippen molar-refractivity contribution in [2.24, 2.45) is 11.8 Å². The topological polar surface area (TPSA) is 30.5 Å². The van der Waals surface area contributed by atoms with Crippen molar-refractivity contribution in [3.05, 3.63) is 22.2 Å². The van der Waals surface area contributed by atoms with Crippen LogP contribution >= 0.6 is 15.9 Å². The van der Waals surface area contributed by atoms with Gasteiger partial charge in [0.15, 0.2) is 0 Å². The van der Waals surface area contributed by atoms with Gasteiger partial charge in [0.1, 0.15) is 16.0 Å². The lowest BCUT2D eigenvalue weighted by Crippen LogP contribution is -2.30.